The number of aliphatic hydroxyl groups excluding tert-OH is 1. The van der Waals surface area contributed by atoms with Crippen LogP contribution in [0.1, 0.15) is 63.0 Å². The lowest BCUT2D eigenvalue weighted by molar-refractivity contribution is 0.165. The molecule has 22 heavy (non-hydrogen) atoms. The fourth-order valence-electron chi connectivity index (χ4n) is 2.95. The van der Waals surface area contributed by atoms with Gasteiger partial charge in [0.05, 0.1) is 12.2 Å². The molecule has 2 aromatic carbocycles. The average Bonchev–Trinajstić information content (AvgIpc) is 2.56. The second kappa shape index (κ2) is 9.23. The van der Waals surface area contributed by atoms with E-state index in [1.54, 1.807) is 0 Å². The molecule has 2 aromatic rings. The Hall–Kier alpha value is -1.85. The first-order chi connectivity index (χ1) is 10.8. The second-order valence-corrected chi connectivity index (χ2v) is 5.90. The number of fused-ring (bicyclic) bond motifs is 1. The standard InChI is InChI=1S/C20H25NO/c21-16-9-5-3-1-2-4-6-15-20(22)19-14-10-12-17-11-7-8-13-18(17)19/h7-8,10-14,20,22H,1-6,9,15H2/t20-/m1/s1. The van der Waals surface area contributed by atoms with Crippen LogP contribution in [-0.2, 0) is 0 Å². The van der Waals surface area contributed by atoms with E-state index in [1.165, 1.54) is 18.2 Å². The van der Waals surface area contributed by atoms with Crippen LogP contribution in [0.15, 0.2) is 42.5 Å². The summed E-state index contributed by atoms with van der Waals surface area (Å²) in [6.07, 6.45) is 7.93. The number of nitriles is 1. The van der Waals surface area contributed by atoms with Gasteiger partial charge in [0.15, 0.2) is 0 Å². The van der Waals surface area contributed by atoms with Crippen LogP contribution in [-0.4, -0.2) is 5.11 Å². The van der Waals surface area contributed by atoms with Gasteiger partial charge in [-0.25, -0.2) is 0 Å². The van der Waals surface area contributed by atoms with Crippen molar-refractivity contribution in [3.8, 4) is 6.07 Å². The van der Waals surface area contributed by atoms with Crippen molar-refractivity contribution in [3.05, 3.63) is 48.0 Å². The summed E-state index contributed by atoms with van der Waals surface area (Å²) in [4.78, 5) is 0. The largest absolute Gasteiger partial charge is 0.388 e. The zero-order valence-electron chi connectivity index (χ0n) is 13.2. The zero-order valence-corrected chi connectivity index (χ0v) is 13.2. The number of unbranched alkanes of at least 4 members (excludes halogenated alkanes) is 6. The summed E-state index contributed by atoms with van der Waals surface area (Å²) >= 11 is 0. The van der Waals surface area contributed by atoms with Gasteiger partial charge in [0.2, 0.25) is 0 Å². The van der Waals surface area contributed by atoms with Crippen molar-refractivity contribution in [2.75, 3.05) is 0 Å². The molecule has 0 aliphatic carbocycles. The predicted molar refractivity (Wildman–Crippen MR) is 91.5 cm³/mol. The average molecular weight is 295 g/mol. The molecule has 0 spiro atoms. The van der Waals surface area contributed by atoms with E-state index in [4.69, 9.17) is 5.26 Å². The third-order valence-electron chi connectivity index (χ3n) is 4.20. The first-order valence-electron chi connectivity index (χ1n) is 8.35. The van der Waals surface area contributed by atoms with Crippen molar-refractivity contribution in [1.29, 1.82) is 5.26 Å². The molecule has 0 bridgehead atoms. The zero-order chi connectivity index (χ0) is 15.6. The summed E-state index contributed by atoms with van der Waals surface area (Å²) in [6, 6.07) is 16.6. The van der Waals surface area contributed by atoms with Gasteiger partial charge < -0.3 is 5.11 Å². The minimum atomic E-state index is -0.371. The van der Waals surface area contributed by atoms with E-state index in [0.717, 1.165) is 43.1 Å². The van der Waals surface area contributed by atoms with Crippen LogP contribution in [0.4, 0.5) is 0 Å². The van der Waals surface area contributed by atoms with Gasteiger partial charge >= 0.3 is 0 Å². The van der Waals surface area contributed by atoms with Gasteiger partial charge in [0, 0.05) is 6.42 Å². The molecule has 0 aliphatic rings. The summed E-state index contributed by atoms with van der Waals surface area (Å²) in [5.41, 5.74) is 1.05. The fourth-order valence-corrected chi connectivity index (χ4v) is 2.95. The molecule has 0 aromatic heterocycles. The van der Waals surface area contributed by atoms with E-state index in [1.807, 2.05) is 24.3 Å². The highest BCUT2D eigenvalue weighted by atomic mass is 16.3. The number of aliphatic hydroxyl groups is 1. The summed E-state index contributed by atoms with van der Waals surface area (Å²) in [5.74, 6) is 0. The van der Waals surface area contributed by atoms with Crippen molar-refractivity contribution in [3.63, 3.8) is 0 Å². The number of nitrogens with zero attached hydrogens (tertiary/aromatic N) is 1. The van der Waals surface area contributed by atoms with Gasteiger partial charge in [0.1, 0.15) is 0 Å². The third kappa shape index (κ3) is 4.86. The topological polar surface area (TPSA) is 44.0 Å². The molecule has 1 atom stereocenters. The highest BCUT2D eigenvalue weighted by Crippen LogP contribution is 2.27. The smallest absolute Gasteiger partial charge is 0.0796 e. The Labute approximate surface area is 133 Å². The van der Waals surface area contributed by atoms with E-state index in [-0.39, 0.29) is 6.10 Å². The van der Waals surface area contributed by atoms with E-state index >= 15 is 0 Å². The number of benzene rings is 2. The Bertz CT molecular complexity index is 609. The summed E-state index contributed by atoms with van der Waals surface area (Å²) in [6.45, 7) is 0. The Morgan fingerprint density at radius 1 is 0.864 bits per heavy atom. The maximum absolute atomic E-state index is 10.5. The molecule has 2 nitrogen and oxygen atoms in total. The van der Waals surface area contributed by atoms with Gasteiger partial charge in [-0.3, -0.25) is 0 Å². The predicted octanol–water partition coefficient (Wildman–Crippen LogP) is 5.52. The number of rotatable bonds is 9. The molecule has 0 amide bonds. The minimum absolute atomic E-state index is 0.371. The lowest BCUT2D eigenvalue weighted by atomic mass is 9.97. The van der Waals surface area contributed by atoms with Crippen molar-refractivity contribution >= 4 is 10.8 Å². The Morgan fingerprint density at radius 3 is 2.36 bits per heavy atom. The molecule has 0 radical (unpaired) electrons. The Morgan fingerprint density at radius 2 is 1.55 bits per heavy atom. The fraction of sp³-hybridized carbons (Fsp3) is 0.450. The normalized spacial score (nSPS) is 12.2. The van der Waals surface area contributed by atoms with Gasteiger partial charge in [-0.1, -0.05) is 74.6 Å². The highest BCUT2D eigenvalue weighted by Gasteiger charge is 2.10. The molecule has 116 valence electrons. The molecule has 2 rings (SSSR count). The van der Waals surface area contributed by atoms with E-state index in [0.29, 0.717) is 6.42 Å². The molecule has 0 saturated heterocycles. The van der Waals surface area contributed by atoms with Gasteiger partial charge in [-0.05, 0) is 29.2 Å². The molecular formula is C20H25NO. The van der Waals surface area contributed by atoms with Crippen LogP contribution in [0, 0.1) is 11.3 Å². The lowest BCUT2D eigenvalue weighted by Gasteiger charge is -2.13. The number of hydrogen-bond acceptors (Lipinski definition) is 2. The Balaban J connectivity index is 1.75. The first kappa shape index (κ1) is 16.5. The minimum Gasteiger partial charge on any atom is -0.388 e. The molecule has 0 fully saturated rings. The van der Waals surface area contributed by atoms with Gasteiger partial charge in [-0.15, -0.1) is 0 Å². The molecule has 1 N–H and O–H groups in total. The van der Waals surface area contributed by atoms with Crippen molar-refractivity contribution in [2.24, 2.45) is 0 Å². The van der Waals surface area contributed by atoms with Crippen LogP contribution in [0.2, 0.25) is 0 Å². The molecular weight excluding hydrogens is 270 g/mol. The maximum atomic E-state index is 10.5. The number of hydrogen-bond donors (Lipinski definition) is 1. The first-order valence-corrected chi connectivity index (χ1v) is 8.35. The van der Waals surface area contributed by atoms with Crippen LogP contribution in [0.5, 0.6) is 0 Å². The third-order valence-corrected chi connectivity index (χ3v) is 4.20. The molecule has 2 heteroatoms. The van der Waals surface area contributed by atoms with Gasteiger partial charge in [0.25, 0.3) is 0 Å². The summed E-state index contributed by atoms with van der Waals surface area (Å²) < 4.78 is 0. The summed E-state index contributed by atoms with van der Waals surface area (Å²) in [5, 5.41) is 21.3. The molecule has 0 aliphatic heterocycles. The lowest BCUT2D eigenvalue weighted by Crippen LogP contribution is -1.98. The SMILES string of the molecule is N#CCCCCCCCC[C@@H](O)c1cccc2ccccc12. The molecule has 0 unspecified atom stereocenters. The molecule has 0 saturated carbocycles. The maximum Gasteiger partial charge on any atom is 0.0796 e. The van der Waals surface area contributed by atoms with Gasteiger partial charge in [-0.2, -0.15) is 5.26 Å². The van der Waals surface area contributed by atoms with Crippen LogP contribution in [0.25, 0.3) is 10.8 Å². The highest BCUT2D eigenvalue weighted by molar-refractivity contribution is 5.85. The van der Waals surface area contributed by atoms with Crippen LogP contribution in [0.3, 0.4) is 0 Å². The van der Waals surface area contributed by atoms with E-state index < -0.39 is 0 Å². The monoisotopic (exact) mass is 295 g/mol. The van der Waals surface area contributed by atoms with E-state index in [9.17, 15) is 5.11 Å². The quantitative estimate of drug-likeness (QED) is 0.619. The second-order valence-electron chi connectivity index (χ2n) is 5.90. The Kier molecular flexibility index (Phi) is 6.93. The van der Waals surface area contributed by atoms with E-state index in [2.05, 4.69) is 24.3 Å². The van der Waals surface area contributed by atoms with Crippen molar-refractivity contribution < 1.29 is 5.11 Å². The van der Waals surface area contributed by atoms with Crippen molar-refractivity contribution in [2.45, 2.75) is 57.5 Å². The van der Waals surface area contributed by atoms with Crippen molar-refractivity contribution in [1.82, 2.24) is 0 Å². The molecule has 0 heterocycles. The van der Waals surface area contributed by atoms with Crippen LogP contribution < -0.4 is 0 Å². The van der Waals surface area contributed by atoms with Crippen LogP contribution >= 0.6 is 0 Å². The summed E-state index contributed by atoms with van der Waals surface area (Å²) in [7, 11) is 0.